The summed E-state index contributed by atoms with van der Waals surface area (Å²) in [5, 5.41) is 11.6. The monoisotopic (exact) mass is 272 g/mol. The van der Waals surface area contributed by atoms with Crippen LogP contribution < -0.4 is 11.1 Å². The summed E-state index contributed by atoms with van der Waals surface area (Å²) in [6.07, 6.45) is 4.20. The second-order valence-electron chi connectivity index (χ2n) is 4.31. The number of nitrogens with two attached hydrogens (primary N) is 1. The Hall–Kier alpha value is -2.47. The van der Waals surface area contributed by atoms with Gasteiger partial charge in [0.1, 0.15) is 11.5 Å². The van der Waals surface area contributed by atoms with Crippen molar-refractivity contribution in [2.24, 2.45) is 0 Å². The van der Waals surface area contributed by atoms with Gasteiger partial charge >= 0.3 is 0 Å². The molecule has 104 valence electrons. The number of rotatable bonds is 5. The van der Waals surface area contributed by atoms with Crippen LogP contribution in [0.15, 0.2) is 36.7 Å². The first-order valence-electron chi connectivity index (χ1n) is 6.27. The van der Waals surface area contributed by atoms with E-state index in [0.717, 1.165) is 12.0 Å². The standard InChI is InChI=1S/C14H16N4O2/c15-13-9-16-8-12(18-13)14(20)17-11-5-1-3-10(7-11)4-2-6-19/h1,3,5,7-9,19H,2,4,6H2,(H2,15,18)(H,17,20). The quantitative estimate of drug-likeness (QED) is 0.760. The largest absolute Gasteiger partial charge is 0.396 e. The third-order valence-corrected chi connectivity index (χ3v) is 2.69. The fourth-order valence-corrected chi connectivity index (χ4v) is 1.77. The van der Waals surface area contributed by atoms with Crippen molar-refractivity contribution in [1.82, 2.24) is 9.97 Å². The highest BCUT2D eigenvalue weighted by atomic mass is 16.2. The van der Waals surface area contributed by atoms with Crippen LogP contribution in [0.2, 0.25) is 0 Å². The number of aromatic nitrogens is 2. The van der Waals surface area contributed by atoms with Gasteiger partial charge in [-0.3, -0.25) is 9.78 Å². The molecule has 2 aromatic rings. The molecule has 4 N–H and O–H groups in total. The highest BCUT2D eigenvalue weighted by Crippen LogP contribution is 2.13. The van der Waals surface area contributed by atoms with E-state index in [2.05, 4.69) is 15.3 Å². The number of aliphatic hydroxyl groups is 1. The number of benzene rings is 1. The molecular formula is C14H16N4O2. The number of anilines is 2. The van der Waals surface area contributed by atoms with Crippen LogP contribution in [0.25, 0.3) is 0 Å². The predicted molar refractivity (Wildman–Crippen MR) is 76.2 cm³/mol. The molecule has 1 aromatic heterocycles. The molecule has 0 aliphatic rings. The van der Waals surface area contributed by atoms with Gasteiger partial charge in [0.25, 0.3) is 5.91 Å². The van der Waals surface area contributed by atoms with Gasteiger partial charge in [0.2, 0.25) is 0 Å². The number of carbonyl (C=O) groups is 1. The zero-order valence-corrected chi connectivity index (χ0v) is 10.9. The van der Waals surface area contributed by atoms with Gasteiger partial charge in [-0.05, 0) is 30.5 Å². The van der Waals surface area contributed by atoms with Gasteiger partial charge in [0.15, 0.2) is 0 Å². The van der Waals surface area contributed by atoms with Gasteiger partial charge in [-0.25, -0.2) is 4.98 Å². The van der Waals surface area contributed by atoms with Gasteiger partial charge < -0.3 is 16.2 Å². The molecule has 0 radical (unpaired) electrons. The minimum atomic E-state index is -0.357. The van der Waals surface area contributed by atoms with Crippen molar-refractivity contribution in [3.63, 3.8) is 0 Å². The van der Waals surface area contributed by atoms with E-state index in [1.807, 2.05) is 18.2 Å². The predicted octanol–water partition coefficient (Wildman–Crippen LogP) is 1.24. The van der Waals surface area contributed by atoms with Crippen molar-refractivity contribution in [3.8, 4) is 0 Å². The van der Waals surface area contributed by atoms with E-state index >= 15 is 0 Å². The minimum Gasteiger partial charge on any atom is -0.396 e. The highest BCUT2D eigenvalue weighted by Gasteiger charge is 2.08. The van der Waals surface area contributed by atoms with Crippen molar-refractivity contribution in [2.45, 2.75) is 12.8 Å². The van der Waals surface area contributed by atoms with Crippen molar-refractivity contribution in [3.05, 3.63) is 47.9 Å². The number of nitrogens with one attached hydrogen (secondary N) is 1. The van der Waals surface area contributed by atoms with Gasteiger partial charge in [-0.1, -0.05) is 12.1 Å². The maximum atomic E-state index is 12.0. The second-order valence-corrected chi connectivity index (χ2v) is 4.31. The number of hydrogen-bond donors (Lipinski definition) is 3. The molecule has 1 amide bonds. The maximum absolute atomic E-state index is 12.0. The third kappa shape index (κ3) is 3.76. The number of nitrogens with zero attached hydrogens (tertiary/aromatic N) is 2. The average Bonchev–Trinajstić information content (AvgIpc) is 2.45. The Kier molecular flexibility index (Phi) is 4.62. The fourth-order valence-electron chi connectivity index (χ4n) is 1.77. The van der Waals surface area contributed by atoms with E-state index in [1.54, 1.807) is 6.07 Å². The molecule has 6 heteroatoms. The summed E-state index contributed by atoms with van der Waals surface area (Å²) in [4.78, 5) is 19.7. The summed E-state index contributed by atoms with van der Waals surface area (Å²) < 4.78 is 0. The van der Waals surface area contributed by atoms with Crippen molar-refractivity contribution in [1.29, 1.82) is 0 Å². The van der Waals surface area contributed by atoms with Gasteiger partial charge in [-0.15, -0.1) is 0 Å². The lowest BCUT2D eigenvalue weighted by molar-refractivity contribution is 0.102. The van der Waals surface area contributed by atoms with E-state index in [-0.39, 0.29) is 24.0 Å². The van der Waals surface area contributed by atoms with E-state index in [4.69, 9.17) is 10.8 Å². The molecule has 2 rings (SSSR count). The minimum absolute atomic E-state index is 0.148. The molecule has 0 spiro atoms. The fraction of sp³-hybridized carbons (Fsp3) is 0.214. The molecular weight excluding hydrogens is 256 g/mol. The molecule has 20 heavy (non-hydrogen) atoms. The topological polar surface area (TPSA) is 101 Å². The van der Waals surface area contributed by atoms with Crippen LogP contribution in [0.3, 0.4) is 0 Å². The van der Waals surface area contributed by atoms with E-state index in [1.165, 1.54) is 12.4 Å². The molecule has 1 aromatic carbocycles. The van der Waals surface area contributed by atoms with Crippen LogP contribution in [-0.2, 0) is 6.42 Å². The number of hydrogen-bond acceptors (Lipinski definition) is 5. The molecule has 0 saturated carbocycles. The van der Waals surface area contributed by atoms with E-state index in [9.17, 15) is 4.79 Å². The lowest BCUT2D eigenvalue weighted by Gasteiger charge is -2.07. The summed E-state index contributed by atoms with van der Waals surface area (Å²) in [5.41, 5.74) is 7.39. The molecule has 6 nitrogen and oxygen atoms in total. The SMILES string of the molecule is Nc1cncc(C(=O)Nc2cccc(CCCO)c2)n1. The van der Waals surface area contributed by atoms with Crippen LogP contribution in [0.4, 0.5) is 11.5 Å². The lowest BCUT2D eigenvalue weighted by atomic mass is 10.1. The molecule has 0 bridgehead atoms. The van der Waals surface area contributed by atoms with Crippen LogP contribution in [0.5, 0.6) is 0 Å². The van der Waals surface area contributed by atoms with E-state index in [0.29, 0.717) is 12.1 Å². The summed E-state index contributed by atoms with van der Waals surface area (Å²) in [6, 6.07) is 7.46. The first-order valence-corrected chi connectivity index (χ1v) is 6.27. The number of nitrogen functional groups attached to an aromatic ring is 1. The van der Waals surface area contributed by atoms with Crippen molar-refractivity contribution >= 4 is 17.4 Å². The van der Waals surface area contributed by atoms with Gasteiger partial charge in [0, 0.05) is 12.3 Å². The van der Waals surface area contributed by atoms with Crippen molar-refractivity contribution in [2.75, 3.05) is 17.7 Å². The highest BCUT2D eigenvalue weighted by molar-refractivity contribution is 6.02. The summed E-state index contributed by atoms with van der Waals surface area (Å²) >= 11 is 0. The summed E-state index contributed by atoms with van der Waals surface area (Å²) in [7, 11) is 0. The molecule has 0 aliphatic carbocycles. The van der Waals surface area contributed by atoms with Crippen LogP contribution in [0.1, 0.15) is 22.5 Å². The second kappa shape index (κ2) is 6.63. The van der Waals surface area contributed by atoms with Crippen LogP contribution >= 0.6 is 0 Å². The van der Waals surface area contributed by atoms with Crippen LogP contribution in [0, 0.1) is 0 Å². The Morgan fingerprint density at radius 3 is 2.95 bits per heavy atom. The average molecular weight is 272 g/mol. The third-order valence-electron chi connectivity index (χ3n) is 2.69. The molecule has 0 aliphatic heterocycles. The lowest BCUT2D eigenvalue weighted by Crippen LogP contribution is -2.14. The van der Waals surface area contributed by atoms with E-state index < -0.39 is 0 Å². The molecule has 0 unspecified atom stereocenters. The van der Waals surface area contributed by atoms with Gasteiger partial charge in [0.05, 0.1) is 12.4 Å². The molecule has 0 atom stereocenters. The number of aryl methyl sites for hydroxylation is 1. The Morgan fingerprint density at radius 2 is 2.20 bits per heavy atom. The van der Waals surface area contributed by atoms with Gasteiger partial charge in [-0.2, -0.15) is 0 Å². The first kappa shape index (κ1) is 14.0. The molecule has 1 heterocycles. The summed E-state index contributed by atoms with van der Waals surface area (Å²) in [6.45, 7) is 0.148. The maximum Gasteiger partial charge on any atom is 0.275 e. The zero-order chi connectivity index (χ0) is 14.4. The Bertz CT molecular complexity index is 601. The Morgan fingerprint density at radius 1 is 1.35 bits per heavy atom. The number of carbonyl (C=O) groups excluding carboxylic acids is 1. The number of aliphatic hydroxyl groups excluding tert-OH is 1. The Balaban J connectivity index is 2.07. The smallest absolute Gasteiger partial charge is 0.275 e. The van der Waals surface area contributed by atoms with Crippen LogP contribution in [-0.4, -0.2) is 27.6 Å². The van der Waals surface area contributed by atoms with Crippen molar-refractivity contribution < 1.29 is 9.90 Å². The molecule has 0 fully saturated rings. The zero-order valence-electron chi connectivity index (χ0n) is 10.9. The molecule has 0 saturated heterocycles. The summed E-state index contributed by atoms with van der Waals surface area (Å²) in [5.74, 6) is -0.154. The Labute approximate surface area is 116 Å². The number of amides is 1. The first-order chi connectivity index (χ1) is 9.69. The normalized spacial score (nSPS) is 10.2.